The molecule has 4 nitrogen and oxygen atoms in total. The van der Waals surface area contributed by atoms with Crippen LogP contribution in [-0.2, 0) is 17.6 Å². The van der Waals surface area contributed by atoms with Crippen molar-refractivity contribution in [1.29, 1.82) is 0 Å². The molecule has 22 heavy (non-hydrogen) atoms. The molecule has 0 atom stereocenters. The number of anilines is 1. The maximum atomic E-state index is 12.2. The second-order valence-corrected chi connectivity index (χ2v) is 6.30. The second-order valence-electron chi connectivity index (χ2n) is 5.05. The van der Waals surface area contributed by atoms with Gasteiger partial charge >= 0.3 is 0 Å². The van der Waals surface area contributed by atoms with Crippen LogP contribution in [0.5, 0.6) is 0 Å². The predicted molar refractivity (Wildman–Crippen MR) is 90.6 cm³/mol. The number of hydrogen-bond acceptors (Lipinski definition) is 3. The SMILES string of the molecule is CCc1cc(C(=O)Nc2ccc(CC(=O)NC)cc2)sc1C. The molecule has 116 valence electrons. The highest BCUT2D eigenvalue weighted by molar-refractivity contribution is 7.14. The molecule has 1 heterocycles. The maximum Gasteiger partial charge on any atom is 0.265 e. The smallest absolute Gasteiger partial charge is 0.265 e. The van der Waals surface area contributed by atoms with Gasteiger partial charge in [-0.2, -0.15) is 0 Å². The van der Waals surface area contributed by atoms with Gasteiger partial charge in [0.2, 0.25) is 5.91 Å². The van der Waals surface area contributed by atoms with E-state index in [2.05, 4.69) is 17.6 Å². The zero-order valence-corrected chi connectivity index (χ0v) is 13.8. The molecule has 0 fully saturated rings. The number of benzene rings is 1. The third-order valence-electron chi connectivity index (χ3n) is 3.48. The summed E-state index contributed by atoms with van der Waals surface area (Å²) in [5, 5.41) is 5.48. The number of carbonyl (C=O) groups excluding carboxylic acids is 2. The van der Waals surface area contributed by atoms with Crippen molar-refractivity contribution in [3.05, 3.63) is 51.2 Å². The van der Waals surface area contributed by atoms with Crippen LogP contribution in [0.4, 0.5) is 5.69 Å². The number of rotatable bonds is 5. The summed E-state index contributed by atoms with van der Waals surface area (Å²) >= 11 is 1.52. The Bertz CT molecular complexity index is 674. The van der Waals surface area contributed by atoms with Gasteiger partial charge in [-0.25, -0.2) is 0 Å². The van der Waals surface area contributed by atoms with E-state index in [1.807, 2.05) is 37.3 Å². The van der Waals surface area contributed by atoms with Crippen molar-refractivity contribution < 1.29 is 9.59 Å². The summed E-state index contributed by atoms with van der Waals surface area (Å²) in [7, 11) is 1.62. The van der Waals surface area contributed by atoms with E-state index in [0.29, 0.717) is 6.42 Å². The van der Waals surface area contributed by atoms with Gasteiger partial charge in [-0.1, -0.05) is 19.1 Å². The van der Waals surface area contributed by atoms with Gasteiger partial charge in [-0.15, -0.1) is 11.3 Å². The molecule has 2 N–H and O–H groups in total. The molecule has 0 saturated carbocycles. The first kappa shape index (κ1) is 16.2. The molecule has 2 amide bonds. The largest absolute Gasteiger partial charge is 0.359 e. The number of likely N-dealkylation sites (N-methyl/N-ethyl adjacent to an activating group) is 1. The molecule has 0 saturated heterocycles. The summed E-state index contributed by atoms with van der Waals surface area (Å²) < 4.78 is 0. The minimum atomic E-state index is -0.0909. The molecule has 1 aromatic carbocycles. The summed E-state index contributed by atoms with van der Waals surface area (Å²) in [6, 6.07) is 9.29. The minimum absolute atomic E-state index is 0.0297. The Morgan fingerprint density at radius 1 is 1.18 bits per heavy atom. The number of carbonyl (C=O) groups is 2. The van der Waals surface area contributed by atoms with Crippen LogP contribution >= 0.6 is 11.3 Å². The molecule has 0 aliphatic rings. The molecule has 5 heteroatoms. The van der Waals surface area contributed by atoms with Crippen molar-refractivity contribution in [2.75, 3.05) is 12.4 Å². The van der Waals surface area contributed by atoms with Crippen LogP contribution in [0.3, 0.4) is 0 Å². The molecule has 0 spiro atoms. The monoisotopic (exact) mass is 316 g/mol. The van der Waals surface area contributed by atoms with Gasteiger partial charge in [0.15, 0.2) is 0 Å². The first-order chi connectivity index (χ1) is 10.5. The predicted octanol–water partition coefficient (Wildman–Crippen LogP) is 3.16. The first-order valence-corrected chi connectivity index (χ1v) is 8.05. The zero-order chi connectivity index (χ0) is 16.1. The molecule has 0 radical (unpaired) electrons. The van der Waals surface area contributed by atoms with Crippen LogP contribution in [0.1, 0.15) is 32.6 Å². The minimum Gasteiger partial charge on any atom is -0.359 e. The Balaban J connectivity index is 2.03. The van der Waals surface area contributed by atoms with Crippen molar-refractivity contribution in [2.24, 2.45) is 0 Å². The lowest BCUT2D eigenvalue weighted by Gasteiger charge is -2.05. The molecule has 1 aromatic heterocycles. The Morgan fingerprint density at radius 3 is 2.41 bits per heavy atom. The number of amides is 2. The molecule has 2 aromatic rings. The number of hydrogen-bond donors (Lipinski definition) is 2. The highest BCUT2D eigenvalue weighted by Gasteiger charge is 2.12. The van der Waals surface area contributed by atoms with E-state index in [0.717, 1.165) is 22.5 Å². The highest BCUT2D eigenvalue weighted by Crippen LogP contribution is 2.23. The van der Waals surface area contributed by atoms with E-state index in [1.54, 1.807) is 7.05 Å². The Hall–Kier alpha value is -2.14. The van der Waals surface area contributed by atoms with Crippen molar-refractivity contribution >= 4 is 28.8 Å². The third-order valence-corrected chi connectivity index (χ3v) is 4.57. The number of aryl methyl sites for hydroxylation is 2. The average Bonchev–Trinajstić information content (AvgIpc) is 2.90. The summed E-state index contributed by atoms with van der Waals surface area (Å²) in [6.07, 6.45) is 1.28. The van der Waals surface area contributed by atoms with Crippen LogP contribution in [-0.4, -0.2) is 18.9 Å². The lowest BCUT2D eigenvalue weighted by molar-refractivity contribution is -0.119. The third kappa shape index (κ3) is 3.95. The van der Waals surface area contributed by atoms with Crippen molar-refractivity contribution in [2.45, 2.75) is 26.7 Å². The van der Waals surface area contributed by atoms with E-state index in [-0.39, 0.29) is 11.8 Å². The van der Waals surface area contributed by atoms with Crippen LogP contribution < -0.4 is 10.6 Å². The van der Waals surface area contributed by atoms with Gasteiger partial charge in [-0.3, -0.25) is 9.59 Å². The summed E-state index contributed by atoms with van der Waals surface area (Å²) in [6.45, 7) is 4.12. The lowest BCUT2D eigenvalue weighted by Crippen LogP contribution is -2.19. The maximum absolute atomic E-state index is 12.2. The fourth-order valence-corrected chi connectivity index (χ4v) is 3.16. The molecule has 2 rings (SSSR count). The molecular weight excluding hydrogens is 296 g/mol. The second kappa shape index (κ2) is 7.22. The van der Waals surface area contributed by atoms with Crippen molar-refractivity contribution in [3.63, 3.8) is 0 Å². The molecule has 0 unspecified atom stereocenters. The van der Waals surface area contributed by atoms with E-state index in [9.17, 15) is 9.59 Å². The highest BCUT2D eigenvalue weighted by atomic mass is 32.1. The molecule has 0 aliphatic carbocycles. The summed E-state index contributed by atoms with van der Waals surface area (Å²) in [4.78, 5) is 25.5. The fourth-order valence-electron chi connectivity index (χ4n) is 2.16. The van der Waals surface area contributed by atoms with E-state index in [1.165, 1.54) is 21.8 Å². The van der Waals surface area contributed by atoms with Gasteiger partial charge < -0.3 is 10.6 Å². The summed E-state index contributed by atoms with van der Waals surface area (Å²) in [5.41, 5.74) is 2.86. The van der Waals surface area contributed by atoms with Gasteiger partial charge in [0, 0.05) is 17.6 Å². The Labute approximate surface area is 134 Å². The van der Waals surface area contributed by atoms with Crippen LogP contribution in [0.2, 0.25) is 0 Å². The van der Waals surface area contributed by atoms with E-state index < -0.39 is 0 Å². The van der Waals surface area contributed by atoms with Crippen molar-refractivity contribution in [3.8, 4) is 0 Å². The van der Waals surface area contributed by atoms with E-state index in [4.69, 9.17) is 0 Å². The standard InChI is InChI=1S/C17H20N2O2S/c1-4-13-10-15(22-11(13)2)17(21)19-14-7-5-12(6-8-14)9-16(20)18-3/h5-8,10H,4,9H2,1-3H3,(H,18,20)(H,19,21). The molecular formula is C17H20N2O2S. The Kier molecular flexibility index (Phi) is 5.33. The van der Waals surface area contributed by atoms with Crippen molar-refractivity contribution in [1.82, 2.24) is 5.32 Å². The lowest BCUT2D eigenvalue weighted by atomic mass is 10.1. The fraction of sp³-hybridized carbons (Fsp3) is 0.294. The summed E-state index contributed by atoms with van der Waals surface area (Å²) in [5.74, 6) is -0.121. The Morgan fingerprint density at radius 2 is 1.86 bits per heavy atom. The van der Waals surface area contributed by atoms with Gasteiger partial charge in [0.25, 0.3) is 5.91 Å². The number of thiophene rings is 1. The van der Waals surface area contributed by atoms with Crippen LogP contribution in [0, 0.1) is 6.92 Å². The van der Waals surface area contributed by atoms with Gasteiger partial charge in [0.05, 0.1) is 11.3 Å². The zero-order valence-electron chi connectivity index (χ0n) is 13.0. The number of nitrogens with one attached hydrogen (secondary N) is 2. The topological polar surface area (TPSA) is 58.2 Å². The first-order valence-electron chi connectivity index (χ1n) is 7.23. The normalized spacial score (nSPS) is 10.3. The van der Waals surface area contributed by atoms with Gasteiger partial charge in [-0.05, 0) is 42.7 Å². The quantitative estimate of drug-likeness (QED) is 0.890. The van der Waals surface area contributed by atoms with E-state index >= 15 is 0 Å². The van der Waals surface area contributed by atoms with Gasteiger partial charge in [0.1, 0.15) is 0 Å². The van der Waals surface area contributed by atoms with Crippen LogP contribution in [0.25, 0.3) is 0 Å². The van der Waals surface area contributed by atoms with Crippen LogP contribution in [0.15, 0.2) is 30.3 Å². The molecule has 0 bridgehead atoms. The molecule has 0 aliphatic heterocycles. The average molecular weight is 316 g/mol.